The molecule has 0 atom stereocenters. The van der Waals surface area contributed by atoms with Crippen molar-refractivity contribution in [1.82, 2.24) is 9.58 Å². The molecule has 1 N–H and O–H groups in total. The average Bonchev–Trinajstić information content (AvgIpc) is 3.06. The predicted octanol–water partition coefficient (Wildman–Crippen LogP) is 2.24. The molecule has 162 valence electrons. The van der Waals surface area contributed by atoms with Gasteiger partial charge in [0.15, 0.2) is 5.82 Å². The number of rotatable bonds is 3. The van der Waals surface area contributed by atoms with Gasteiger partial charge in [-0.3, -0.25) is 14.5 Å². The highest BCUT2D eigenvalue weighted by molar-refractivity contribution is 5.94. The Kier molecular flexibility index (Phi) is 4.40. The normalized spacial score (nSPS) is 20.6. The fraction of sp³-hybridized carbons (Fsp3) is 0.524. The first-order chi connectivity index (χ1) is 13.9. The van der Waals surface area contributed by atoms with E-state index in [1.807, 2.05) is 39.8 Å². The van der Waals surface area contributed by atoms with Crippen LogP contribution in [-0.4, -0.2) is 65.0 Å². The van der Waals surface area contributed by atoms with E-state index in [1.54, 1.807) is 4.90 Å². The van der Waals surface area contributed by atoms with E-state index in [1.165, 1.54) is 4.68 Å². The second kappa shape index (κ2) is 6.41. The number of pyridine rings is 1. The van der Waals surface area contributed by atoms with Gasteiger partial charge in [-0.2, -0.15) is 0 Å². The zero-order valence-electron chi connectivity index (χ0n) is 17.8. The molecule has 2 aliphatic heterocycles. The van der Waals surface area contributed by atoms with Crippen molar-refractivity contribution >= 4 is 22.6 Å². The van der Waals surface area contributed by atoms with Crippen molar-refractivity contribution in [3.8, 4) is 0 Å². The highest BCUT2D eigenvalue weighted by atomic mass is 19.1. The van der Waals surface area contributed by atoms with Crippen molar-refractivity contribution in [2.24, 2.45) is 0 Å². The van der Waals surface area contributed by atoms with Gasteiger partial charge >= 0.3 is 5.97 Å². The Bertz CT molecular complexity index is 1100. The summed E-state index contributed by atoms with van der Waals surface area (Å²) in [4.78, 5) is 28.1. The van der Waals surface area contributed by atoms with Gasteiger partial charge < -0.3 is 14.9 Å². The van der Waals surface area contributed by atoms with Crippen LogP contribution in [0, 0.1) is 11.6 Å². The van der Waals surface area contributed by atoms with Crippen LogP contribution in [0.1, 0.15) is 38.1 Å². The van der Waals surface area contributed by atoms with Gasteiger partial charge in [0.05, 0.1) is 16.5 Å². The number of carboxylic acids is 1. The number of hydrogen-bond donors (Lipinski definition) is 1. The van der Waals surface area contributed by atoms with Crippen LogP contribution in [0.15, 0.2) is 17.1 Å². The lowest BCUT2D eigenvalue weighted by Gasteiger charge is -2.34. The number of aromatic nitrogens is 1. The van der Waals surface area contributed by atoms with Gasteiger partial charge in [-0.05, 0) is 40.8 Å². The van der Waals surface area contributed by atoms with Crippen LogP contribution in [-0.2, 0) is 0 Å². The number of carboxylic acid groups (broad SMARTS) is 1. The number of nitrogens with zero attached hydrogens (tertiary/aromatic N) is 4. The number of fused-ring (bicyclic) bond motifs is 1. The molecule has 2 saturated heterocycles. The summed E-state index contributed by atoms with van der Waals surface area (Å²) in [6.45, 7) is 10.0. The molecule has 0 unspecified atom stereocenters. The summed E-state index contributed by atoms with van der Waals surface area (Å²) >= 11 is 0. The number of anilines is 1. The summed E-state index contributed by atoms with van der Waals surface area (Å²) < 4.78 is 32.3. The molecular formula is C21H26F2N4O3. The van der Waals surface area contributed by atoms with E-state index in [-0.39, 0.29) is 16.6 Å². The first kappa shape index (κ1) is 20.6. The van der Waals surface area contributed by atoms with Gasteiger partial charge in [-0.25, -0.2) is 13.6 Å². The van der Waals surface area contributed by atoms with E-state index < -0.39 is 39.7 Å². The van der Waals surface area contributed by atoms with E-state index in [4.69, 9.17) is 0 Å². The molecule has 2 aliphatic rings. The average molecular weight is 420 g/mol. The van der Waals surface area contributed by atoms with E-state index in [0.29, 0.717) is 26.2 Å². The number of piperazine rings is 1. The molecule has 0 amide bonds. The molecule has 1 aromatic heterocycles. The molecular weight excluding hydrogens is 394 g/mol. The molecule has 0 spiro atoms. The molecule has 3 heterocycles. The third-order valence-electron chi connectivity index (χ3n) is 6.91. The minimum absolute atomic E-state index is 0.0982. The lowest BCUT2D eigenvalue weighted by Crippen LogP contribution is -2.45. The fourth-order valence-electron chi connectivity index (χ4n) is 4.45. The molecule has 0 radical (unpaired) electrons. The van der Waals surface area contributed by atoms with Gasteiger partial charge in [0, 0.05) is 32.4 Å². The molecule has 0 aliphatic carbocycles. The Balaban J connectivity index is 2.02. The number of hydrogen-bond acceptors (Lipinski definition) is 5. The topological polar surface area (TPSA) is 68.8 Å². The van der Waals surface area contributed by atoms with Crippen molar-refractivity contribution in [3.05, 3.63) is 39.7 Å². The Labute approximate surface area is 173 Å². The van der Waals surface area contributed by atoms with E-state index >= 15 is 8.78 Å². The maximum atomic E-state index is 15.8. The molecule has 2 aromatic rings. The zero-order valence-corrected chi connectivity index (χ0v) is 17.8. The van der Waals surface area contributed by atoms with Crippen molar-refractivity contribution in [3.63, 3.8) is 0 Å². The molecule has 1 aromatic carbocycles. The number of carbonyl (C=O) groups is 1. The maximum Gasteiger partial charge on any atom is 0.341 e. The summed E-state index contributed by atoms with van der Waals surface area (Å²) in [5, 5.41) is 11.0. The second-order valence-electron chi connectivity index (χ2n) is 9.16. The van der Waals surface area contributed by atoms with Crippen molar-refractivity contribution in [2.75, 3.05) is 43.1 Å². The van der Waals surface area contributed by atoms with Crippen LogP contribution in [0.25, 0.3) is 10.9 Å². The van der Waals surface area contributed by atoms with E-state index in [0.717, 1.165) is 12.3 Å². The molecule has 4 rings (SSSR count). The monoisotopic (exact) mass is 420 g/mol. The molecule has 9 heteroatoms. The quantitative estimate of drug-likeness (QED) is 0.769. The molecule has 7 nitrogen and oxygen atoms in total. The lowest BCUT2D eigenvalue weighted by atomic mass is 10.0. The Morgan fingerprint density at radius 2 is 1.63 bits per heavy atom. The van der Waals surface area contributed by atoms with Crippen molar-refractivity contribution in [1.29, 1.82) is 0 Å². The van der Waals surface area contributed by atoms with Gasteiger partial charge in [0.2, 0.25) is 5.43 Å². The third kappa shape index (κ3) is 2.71. The van der Waals surface area contributed by atoms with Gasteiger partial charge in [0.1, 0.15) is 22.6 Å². The summed E-state index contributed by atoms with van der Waals surface area (Å²) in [7, 11) is 1.94. The highest BCUT2D eigenvalue weighted by Gasteiger charge is 2.64. The van der Waals surface area contributed by atoms with E-state index in [9.17, 15) is 14.7 Å². The largest absolute Gasteiger partial charge is 0.477 e. The van der Waals surface area contributed by atoms with Crippen LogP contribution in [0.5, 0.6) is 0 Å². The van der Waals surface area contributed by atoms with Crippen molar-refractivity contribution < 1.29 is 18.7 Å². The summed E-state index contributed by atoms with van der Waals surface area (Å²) in [5.74, 6) is -3.14. The van der Waals surface area contributed by atoms with Crippen LogP contribution in [0.4, 0.5) is 14.5 Å². The van der Waals surface area contributed by atoms with Crippen LogP contribution < -0.4 is 15.3 Å². The minimum atomic E-state index is -1.43. The SMILES string of the molecule is CN1CCN(c2c(F)cc3c(=O)c(C(=O)O)cn(N4C(C)(C)C4(C)C)c3c2F)CC1. The molecule has 0 saturated carbocycles. The summed E-state index contributed by atoms with van der Waals surface area (Å²) in [6, 6.07) is 0.973. The Hall–Kier alpha value is -2.68. The van der Waals surface area contributed by atoms with E-state index in [2.05, 4.69) is 4.90 Å². The first-order valence-corrected chi connectivity index (χ1v) is 9.94. The number of benzene rings is 1. The third-order valence-corrected chi connectivity index (χ3v) is 6.91. The Morgan fingerprint density at radius 1 is 1.07 bits per heavy atom. The highest BCUT2D eigenvalue weighted by Crippen LogP contribution is 2.49. The fourth-order valence-corrected chi connectivity index (χ4v) is 4.45. The smallest absolute Gasteiger partial charge is 0.341 e. The van der Waals surface area contributed by atoms with Crippen molar-refractivity contribution in [2.45, 2.75) is 38.8 Å². The van der Waals surface area contributed by atoms with Gasteiger partial charge in [-0.15, -0.1) is 0 Å². The number of halogens is 2. The lowest BCUT2D eigenvalue weighted by molar-refractivity contribution is 0.0694. The molecule has 2 fully saturated rings. The van der Waals surface area contributed by atoms with Crippen LogP contribution >= 0.6 is 0 Å². The Morgan fingerprint density at radius 3 is 2.13 bits per heavy atom. The minimum Gasteiger partial charge on any atom is -0.477 e. The first-order valence-electron chi connectivity index (χ1n) is 9.94. The maximum absolute atomic E-state index is 15.8. The van der Waals surface area contributed by atoms with Gasteiger partial charge in [-0.1, -0.05) is 0 Å². The zero-order chi connectivity index (χ0) is 22.2. The second-order valence-corrected chi connectivity index (χ2v) is 9.16. The van der Waals surface area contributed by atoms with Gasteiger partial charge in [0.25, 0.3) is 0 Å². The standard InChI is InChI=1S/C21H26F2N4O3/c1-20(2)21(3,4)27(20)26-11-13(19(29)30)18(28)12-10-14(22)17(15(23)16(12)26)25-8-6-24(5)7-9-25/h10-11H,6-9H2,1-5H3,(H,29,30). The van der Waals surface area contributed by atoms with Crippen LogP contribution in [0.3, 0.4) is 0 Å². The van der Waals surface area contributed by atoms with Crippen LogP contribution in [0.2, 0.25) is 0 Å². The number of aromatic carboxylic acids is 1. The number of likely N-dealkylation sites (N-methyl/N-ethyl adjacent to an activating group) is 1. The summed E-state index contributed by atoms with van der Waals surface area (Å²) in [6.07, 6.45) is 1.15. The molecule has 0 bridgehead atoms. The summed E-state index contributed by atoms with van der Waals surface area (Å²) in [5.41, 5.74) is -2.52. The predicted molar refractivity (Wildman–Crippen MR) is 111 cm³/mol. The molecule has 30 heavy (non-hydrogen) atoms.